The van der Waals surface area contributed by atoms with Gasteiger partial charge in [-0.3, -0.25) is 9.59 Å². The number of unbranched alkanes of at least 4 members (excludes halogenated alkanes) is 1. The van der Waals surface area contributed by atoms with E-state index in [9.17, 15) is 14.4 Å². The van der Waals surface area contributed by atoms with Gasteiger partial charge in [-0.05, 0) is 38.3 Å². The average molecular weight is 470 g/mol. The van der Waals surface area contributed by atoms with Gasteiger partial charge < -0.3 is 19.5 Å². The largest absolute Gasteiger partial charge is 0.460 e. The average Bonchev–Trinajstić information content (AvgIpc) is 2.80. The van der Waals surface area contributed by atoms with Crippen LogP contribution in [0.4, 0.5) is 4.79 Å². The van der Waals surface area contributed by atoms with Crippen LogP contribution in [0.25, 0.3) is 0 Å². The van der Waals surface area contributed by atoms with Crippen molar-refractivity contribution in [1.82, 2.24) is 5.32 Å². The van der Waals surface area contributed by atoms with Crippen molar-refractivity contribution in [2.24, 2.45) is 5.92 Å². The number of amides is 1. The van der Waals surface area contributed by atoms with Gasteiger partial charge in [-0.15, -0.1) is 0 Å². The quantitative estimate of drug-likeness (QED) is 0.277. The SMILES string of the molecule is CCCC[C@@H](NC(=O)OC(C)(C)C)C(C(=O)OCc1ccccc1)C(=O)OCc1ccccc1. The van der Waals surface area contributed by atoms with E-state index in [4.69, 9.17) is 14.2 Å². The van der Waals surface area contributed by atoms with E-state index < -0.39 is 35.6 Å². The van der Waals surface area contributed by atoms with Crippen LogP contribution in [0, 0.1) is 5.92 Å². The molecule has 2 aromatic carbocycles. The van der Waals surface area contributed by atoms with Crippen LogP contribution in [-0.2, 0) is 37.0 Å². The Morgan fingerprint density at radius 1 is 0.824 bits per heavy atom. The highest BCUT2D eigenvalue weighted by atomic mass is 16.6. The van der Waals surface area contributed by atoms with Gasteiger partial charge in [0, 0.05) is 0 Å². The van der Waals surface area contributed by atoms with E-state index in [1.54, 1.807) is 20.8 Å². The number of hydrogen-bond acceptors (Lipinski definition) is 6. The molecule has 2 aromatic rings. The highest BCUT2D eigenvalue weighted by Gasteiger charge is 2.39. The lowest BCUT2D eigenvalue weighted by Gasteiger charge is -2.27. The zero-order chi connectivity index (χ0) is 25.0. The fraction of sp³-hybridized carbons (Fsp3) is 0.444. The van der Waals surface area contributed by atoms with E-state index in [0.29, 0.717) is 12.8 Å². The van der Waals surface area contributed by atoms with Crippen LogP contribution < -0.4 is 5.32 Å². The molecule has 1 N–H and O–H groups in total. The predicted molar refractivity (Wildman–Crippen MR) is 129 cm³/mol. The molecule has 0 radical (unpaired) electrons. The molecule has 0 heterocycles. The minimum absolute atomic E-state index is 0.00900. The summed E-state index contributed by atoms with van der Waals surface area (Å²) >= 11 is 0. The Morgan fingerprint density at radius 3 is 1.71 bits per heavy atom. The number of alkyl carbamates (subject to hydrolysis) is 1. The van der Waals surface area contributed by atoms with Crippen LogP contribution in [0.3, 0.4) is 0 Å². The Morgan fingerprint density at radius 2 is 1.29 bits per heavy atom. The highest BCUT2D eigenvalue weighted by molar-refractivity contribution is 5.96. The molecule has 2 rings (SSSR count). The number of ether oxygens (including phenoxy) is 3. The summed E-state index contributed by atoms with van der Waals surface area (Å²) in [6.07, 6.45) is 1.19. The Balaban J connectivity index is 2.21. The van der Waals surface area contributed by atoms with Crippen molar-refractivity contribution in [2.75, 3.05) is 0 Å². The second-order valence-electron chi connectivity index (χ2n) is 9.06. The molecule has 0 aromatic heterocycles. The van der Waals surface area contributed by atoms with Crippen LogP contribution in [0.2, 0.25) is 0 Å². The first-order chi connectivity index (χ1) is 16.2. The fourth-order valence-electron chi connectivity index (χ4n) is 3.27. The van der Waals surface area contributed by atoms with Crippen molar-refractivity contribution in [1.29, 1.82) is 0 Å². The minimum atomic E-state index is -1.33. The van der Waals surface area contributed by atoms with E-state index in [1.165, 1.54) is 0 Å². The first-order valence-corrected chi connectivity index (χ1v) is 11.6. The molecule has 7 nitrogen and oxygen atoms in total. The third-order valence-electron chi connectivity index (χ3n) is 4.93. The maximum Gasteiger partial charge on any atom is 0.407 e. The van der Waals surface area contributed by atoms with Crippen molar-refractivity contribution >= 4 is 18.0 Å². The van der Waals surface area contributed by atoms with E-state index >= 15 is 0 Å². The van der Waals surface area contributed by atoms with Crippen LogP contribution in [0.1, 0.15) is 58.1 Å². The lowest BCUT2D eigenvalue weighted by molar-refractivity contribution is -0.165. The zero-order valence-corrected chi connectivity index (χ0v) is 20.4. The first kappa shape index (κ1) is 26.9. The van der Waals surface area contributed by atoms with Gasteiger partial charge in [0.15, 0.2) is 5.92 Å². The van der Waals surface area contributed by atoms with Gasteiger partial charge in [0.2, 0.25) is 0 Å². The zero-order valence-electron chi connectivity index (χ0n) is 20.4. The summed E-state index contributed by atoms with van der Waals surface area (Å²) in [7, 11) is 0. The van der Waals surface area contributed by atoms with Gasteiger partial charge in [0.1, 0.15) is 18.8 Å². The number of carbonyl (C=O) groups is 3. The molecule has 0 saturated heterocycles. The lowest BCUT2D eigenvalue weighted by atomic mass is 9.95. The summed E-state index contributed by atoms with van der Waals surface area (Å²) in [6, 6.07) is 17.5. The van der Waals surface area contributed by atoms with Gasteiger partial charge >= 0.3 is 18.0 Å². The molecular formula is C27H35NO6. The number of esters is 2. The molecule has 34 heavy (non-hydrogen) atoms. The summed E-state index contributed by atoms with van der Waals surface area (Å²) in [5.41, 5.74) is 0.853. The smallest absolute Gasteiger partial charge is 0.407 e. The molecule has 0 fully saturated rings. The van der Waals surface area contributed by atoms with Crippen molar-refractivity contribution in [3.8, 4) is 0 Å². The molecule has 0 aliphatic carbocycles. The van der Waals surface area contributed by atoms with Crippen molar-refractivity contribution < 1.29 is 28.6 Å². The second-order valence-corrected chi connectivity index (χ2v) is 9.06. The Bertz CT molecular complexity index is 852. The van der Waals surface area contributed by atoms with E-state index in [1.807, 2.05) is 67.6 Å². The van der Waals surface area contributed by atoms with E-state index in [2.05, 4.69) is 5.32 Å². The molecule has 1 amide bonds. The van der Waals surface area contributed by atoms with E-state index in [-0.39, 0.29) is 13.2 Å². The number of benzene rings is 2. The predicted octanol–water partition coefficient (Wildman–Crippen LogP) is 5.17. The minimum Gasteiger partial charge on any atom is -0.460 e. The van der Waals surface area contributed by atoms with E-state index in [0.717, 1.165) is 17.5 Å². The summed E-state index contributed by atoms with van der Waals surface area (Å²) in [6.45, 7) is 7.24. The lowest BCUT2D eigenvalue weighted by Crippen LogP contribution is -2.49. The second kappa shape index (κ2) is 13.4. The molecule has 0 unspecified atom stereocenters. The molecule has 0 spiro atoms. The van der Waals surface area contributed by atoms with Gasteiger partial charge in [-0.25, -0.2) is 4.79 Å². The molecular weight excluding hydrogens is 434 g/mol. The molecule has 0 bridgehead atoms. The van der Waals surface area contributed by atoms with Gasteiger partial charge in [-0.1, -0.05) is 80.4 Å². The Labute approximate surface area is 201 Å². The molecule has 0 aliphatic rings. The summed E-state index contributed by atoms with van der Waals surface area (Å²) in [5.74, 6) is -2.83. The number of carbonyl (C=O) groups excluding carboxylic acids is 3. The topological polar surface area (TPSA) is 90.9 Å². The molecule has 0 aliphatic heterocycles. The maximum atomic E-state index is 13.1. The van der Waals surface area contributed by atoms with Crippen molar-refractivity contribution in [3.05, 3.63) is 71.8 Å². The third-order valence-corrected chi connectivity index (χ3v) is 4.93. The number of rotatable bonds is 11. The van der Waals surface area contributed by atoms with Gasteiger partial charge in [-0.2, -0.15) is 0 Å². The fourth-order valence-corrected chi connectivity index (χ4v) is 3.27. The van der Waals surface area contributed by atoms with Crippen LogP contribution in [-0.4, -0.2) is 29.7 Å². The Kier molecular flexibility index (Phi) is 10.6. The summed E-state index contributed by atoms with van der Waals surface area (Å²) < 4.78 is 16.3. The molecule has 1 atom stereocenters. The monoisotopic (exact) mass is 469 g/mol. The normalized spacial score (nSPS) is 12.0. The summed E-state index contributed by atoms with van der Waals surface area (Å²) in [4.78, 5) is 38.8. The van der Waals surface area contributed by atoms with Crippen LogP contribution in [0.5, 0.6) is 0 Å². The molecule has 0 saturated carbocycles. The highest BCUT2D eigenvalue weighted by Crippen LogP contribution is 2.19. The number of nitrogens with one attached hydrogen (secondary N) is 1. The molecule has 184 valence electrons. The third kappa shape index (κ3) is 9.65. The number of hydrogen-bond donors (Lipinski definition) is 1. The molecule has 7 heteroatoms. The van der Waals surface area contributed by atoms with Crippen LogP contribution >= 0.6 is 0 Å². The van der Waals surface area contributed by atoms with Gasteiger partial charge in [0.05, 0.1) is 6.04 Å². The first-order valence-electron chi connectivity index (χ1n) is 11.6. The van der Waals surface area contributed by atoms with Gasteiger partial charge in [0.25, 0.3) is 0 Å². The summed E-state index contributed by atoms with van der Waals surface area (Å²) in [5, 5.41) is 2.70. The van der Waals surface area contributed by atoms with Crippen molar-refractivity contribution in [2.45, 2.75) is 71.8 Å². The maximum absolute atomic E-state index is 13.1. The standard InChI is InChI=1S/C27H35NO6/c1-5-6-17-22(28-26(31)34-27(2,3)4)23(24(29)32-18-20-13-9-7-10-14-20)25(30)33-19-21-15-11-8-12-16-21/h7-16,22-23H,5-6,17-19H2,1-4H3,(H,28,31)/t22-/m1/s1. The Hall–Kier alpha value is -3.35. The van der Waals surface area contributed by atoms with Crippen molar-refractivity contribution in [3.63, 3.8) is 0 Å². The van der Waals surface area contributed by atoms with Crippen LogP contribution in [0.15, 0.2) is 60.7 Å².